The van der Waals surface area contributed by atoms with E-state index in [1.54, 1.807) is 0 Å². The first-order chi connectivity index (χ1) is 12.2. The number of benzene rings is 2. The van der Waals surface area contributed by atoms with Gasteiger partial charge in [-0.25, -0.2) is 0 Å². The maximum Gasteiger partial charge on any atom is 0.225 e. The molecule has 2 aromatic rings. The van der Waals surface area contributed by atoms with Crippen molar-refractivity contribution in [1.82, 2.24) is 4.90 Å². The van der Waals surface area contributed by atoms with Crippen LogP contribution in [-0.2, 0) is 4.79 Å². The van der Waals surface area contributed by atoms with E-state index in [0.717, 1.165) is 17.5 Å². The van der Waals surface area contributed by atoms with Crippen LogP contribution in [0, 0.1) is 5.92 Å². The smallest absolute Gasteiger partial charge is 0.225 e. The topological polar surface area (TPSA) is 60.8 Å². The average Bonchev–Trinajstić information content (AvgIpc) is 2.68. The summed E-state index contributed by atoms with van der Waals surface area (Å²) < 4.78 is 0. The van der Waals surface area contributed by atoms with E-state index in [4.69, 9.17) is 0 Å². The van der Waals surface area contributed by atoms with Crippen molar-refractivity contribution >= 4 is 5.91 Å². The molecule has 2 unspecified atom stereocenters. The third-order valence-electron chi connectivity index (χ3n) is 5.12. The number of hydrogen-bond donors (Lipinski definition) is 2. The Balaban J connectivity index is 1.67. The first-order valence-corrected chi connectivity index (χ1v) is 8.85. The number of nitrogens with zero attached hydrogens (tertiary/aromatic N) is 1. The van der Waals surface area contributed by atoms with Gasteiger partial charge in [0.15, 0.2) is 0 Å². The molecule has 132 valence electrons. The van der Waals surface area contributed by atoms with Crippen LogP contribution in [0.4, 0.5) is 0 Å². The molecular formula is C21H25NO3. The van der Waals surface area contributed by atoms with Crippen LogP contribution in [-0.4, -0.2) is 40.7 Å². The lowest BCUT2D eigenvalue weighted by atomic mass is 9.81. The molecule has 0 aliphatic carbocycles. The Morgan fingerprint density at radius 2 is 1.72 bits per heavy atom. The number of aliphatic hydroxyl groups excluding tert-OH is 2. The van der Waals surface area contributed by atoms with Gasteiger partial charge in [0.25, 0.3) is 0 Å². The average molecular weight is 339 g/mol. The quantitative estimate of drug-likeness (QED) is 0.880. The molecule has 3 atom stereocenters. The zero-order valence-electron chi connectivity index (χ0n) is 14.3. The predicted octanol–water partition coefficient (Wildman–Crippen LogP) is 2.73. The van der Waals surface area contributed by atoms with Gasteiger partial charge in [-0.1, -0.05) is 60.7 Å². The largest absolute Gasteiger partial charge is 0.396 e. The Morgan fingerprint density at radius 1 is 1.08 bits per heavy atom. The molecule has 1 fully saturated rings. The number of hydrogen-bond acceptors (Lipinski definition) is 3. The highest BCUT2D eigenvalue weighted by atomic mass is 16.3. The molecule has 1 saturated heterocycles. The first kappa shape index (κ1) is 17.6. The summed E-state index contributed by atoms with van der Waals surface area (Å²) in [6, 6.07) is 19.4. The van der Waals surface area contributed by atoms with Gasteiger partial charge < -0.3 is 15.1 Å². The minimum atomic E-state index is -0.778. The molecule has 2 N–H and O–H groups in total. The Labute approximate surface area is 148 Å². The Morgan fingerprint density at radius 3 is 2.36 bits per heavy atom. The minimum Gasteiger partial charge on any atom is -0.396 e. The van der Waals surface area contributed by atoms with Gasteiger partial charge in [-0.3, -0.25) is 4.79 Å². The molecule has 1 heterocycles. The van der Waals surface area contributed by atoms with Crippen LogP contribution in [0.5, 0.6) is 0 Å². The van der Waals surface area contributed by atoms with Crippen molar-refractivity contribution in [1.29, 1.82) is 0 Å². The fourth-order valence-corrected chi connectivity index (χ4v) is 3.61. The van der Waals surface area contributed by atoms with Crippen LogP contribution in [0.2, 0.25) is 0 Å². The molecule has 1 amide bonds. The standard InChI is InChI=1S/C21H25NO3/c23-15-18-11-12-22(14-19(18)16-7-3-1-4-8-16)21(25)13-20(24)17-9-5-2-6-10-17/h1-10,18-20,23-24H,11-15H2/t18?,19?,20-/m1/s1. The highest BCUT2D eigenvalue weighted by Crippen LogP contribution is 2.33. The van der Waals surface area contributed by atoms with Gasteiger partial charge in [-0.2, -0.15) is 0 Å². The molecular weight excluding hydrogens is 314 g/mol. The van der Waals surface area contributed by atoms with Gasteiger partial charge in [-0.05, 0) is 23.5 Å². The molecule has 25 heavy (non-hydrogen) atoms. The fourth-order valence-electron chi connectivity index (χ4n) is 3.61. The van der Waals surface area contributed by atoms with Gasteiger partial charge in [0.05, 0.1) is 12.5 Å². The van der Waals surface area contributed by atoms with Crippen molar-refractivity contribution in [3.8, 4) is 0 Å². The summed E-state index contributed by atoms with van der Waals surface area (Å²) in [5, 5.41) is 20.0. The summed E-state index contributed by atoms with van der Waals surface area (Å²) in [5.74, 6) is 0.275. The summed E-state index contributed by atoms with van der Waals surface area (Å²) >= 11 is 0. The second kappa shape index (κ2) is 8.28. The molecule has 0 saturated carbocycles. The minimum absolute atomic E-state index is 0.0336. The van der Waals surface area contributed by atoms with Gasteiger partial charge in [0.1, 0.15) is 0 Å². The molecule has 4 nitrogen and oxygen atoms in total. The molecule has 0 spiro atoms. The molecule has 1 aliphatic rings. The molecule has 3 rings (SSSR count). The van der Waals surface area contributed by atoms with E-state index in [9.17, 15) is 15.0 Å². The SMILES string of the molecule is O=C(C[C@@H](O)c1ccccc1)N1CCC(CO)C(c2ccccc2)C1. The van der Waals surface area contributed by atoms with Crippen molar-refractivity contribution in [3.63, 3.8) is 0 Å². The maximum absolute atomic E-state index is 12.7. The molecule has 4 heteroatoms. The van der Waals surface area contributed by atoms with Gasteiger partial charge in [-0.15, -0.1) is 0 Å². The van der Waals surface area contributed by atoms with Crippen LogP contribution >= 0.6 is 0 Å². The van der Waals surface area contributed by atoms with Crippen molar-refractivity contribution in [2.45, 2.75) is 24.9 Å². The van der Waals surface area contributed by atoms with Crippen molar-refractivity contribution in [3.05, 3.63) is 71.8 Å². The van der Waals surface area contributed by atoms with Gasteiger partial charge in [0, 0.05) is 25.6 Å². The van der Waals surface area contributed by atoms with Crippen molar-refractivity contribution < 1.29 is 15.0 Å². The number of aliphatic hydroxyl groups is 2. The second-order valence-corrected chi connectivity index (χ2v) is 6.72. The fraction of sp³-hybridized carbons (Fsp3) is 0.381. The first-order valence-electron chi connectivity index (χ1n) is 8.85. The predicted molar refractivity (Wildman–Crippen MR) is 97.0 cm³/mol. The lowest BCUT2D eigenvalue weighted by Gasteiger charge is -2.38. The molecule has 0 aromatic heterocycles. The van der Waals surface area contributed by atoms with E-state index in [-0.39, 0.29) is 30.8 Å². The molecule has 1 aliphatic heterocycles. The molecule has 0 radical (unpaired) electrons. The number of carbonyl (C=O) groups is 1. The molecule has 0 bridgehead atoms. The Bertz CT molecular complexity index is 674. The van der Waals surface area contributed by atoms with Crippen molar-refractivity contribution in [2.24, 2.45) is 5.92 Å². The van der Waals surface area contributed by atoms with Gasteiger partial charge in [0.2, 0.25) is 5.91 Å². The number of amides is 1. The number of piperidine rings is 1. The number of carbonyl (C=O) groups excluding carboxylic acids is 1. The monoisotopic (exact) mass is 339 g/mol. The zero-order chi connectivity index (χ0) is 17.6. The third-order valence-corrected chi connectivity index (χ3v) is 5.12. The summed E-state index contributed by atoms with van der Waals surface area (Å²) in [7, 11) is 0. The van der Waals surface area contributed by atoms with Gasteiger partial charge >= 0.3 is 0 Å². The second-order valence-electron chi connectivity index (χ2n) is 6.72. The maximum atomic E-state index is 12.7. The van der Waals surface area contributed by atoms with Crippen LogP contribution in [0.25, 0.3) is 0 Å². The Kier molecular flexibility index (Phi) is 5.84. The van der Waals surface area contributed by atoms with Crippen molar-refractivity contribution in [2.75, 3.05) is 19.7 Å². The van der Waals surface area contributed by atoms with Crippen LogP contribution < -0.4 is 0 Å². The van der Waals surface area contributed by atoms with E-state index in [2.05, 4.69) is 12.1 Å². The summed E-state index contributed by atoms with van der Waals surface area (Å²) in [5.41, 5.74) is 1.92. The summed E-state index contributed by atoms with van der Waals surface area (Å²) in [4.78, 5) is 14.5. The number of rotatable bonds is 5. The summed E-state index contributed by atoms with van der Waals surface area (Å²) in [6.45, 7) is 1.36. The molecule has 2 aromatic carbocycles. The van der Waals surface area contributed by atoms with Crippen LogP contribution in [0.15, 0.2) is 60.7 Å². The highest BCUT2D eigenvalue weighted by molar-refractivity contribution is 5.77. The van der Waals surface area contributed by atoms with Crippen LogP contribution in [0.3, 0.4) is 0 Å². The van der Waals surface area contributed by atoms with E-state index >= 15 is 0 Å². The van der Waals surface area contributed by atoms with E-state index < -0.39 is 6.10 Å². The van der Waals surface area contributed by atoms with Crippen LogP contribution in [0.1, 0.15) is 36.0 Å². The normalized spacial score (nSPS) is 21.8. The van der Waals surface area contributed by atoms with E-state index in [1.807, 2.05) is 53.4 Å². The summed E-state index contributed by atoms with van der Waals surface area (Å²) in [6.07, 6.45) is 0.0953. The highest BCUT2D eigenvalue weighted by Gasteiger charge is 2.32. The number of likely N-dealkylation sites (tertiary alicyclic amines) is 1. The third kappa shape index (κ3) is 4.27. The lowest BCUT2D eigenvalue weighted by molar-refractivity contribution is -0.135. The lowest BCUT2D eigenvalue weighted by Crippen LogP contribution is -2.44. The van der Waals surface area contributed by atoms with E-state index in [1.165, 1.54) is 0 Å². The van der Waals surface area contributed by atoms with E-state index in [0.29, 0.717) is 13.1 Å². The zero-order valence-corrected chi connectivity index (χ0v) is 14.3. The Hall–Kier alpha value is -2.17.